The zero-order chi connectivity index (χ0) is 20.1. The van der Waals surface area contributed by atoms with E-state index >= 15 is 0 Å². The number of anilines is 1. The second-order valence-electron chi connectivity index (χ2n) is 6.95. The van der Waals surface area contributed by atoms with Crippen LogP contribution < -0.4 is 14.4 Å². The molecule has 6 nitrogen and oxygen atoms in total. The molecule has 1 aliphatic rings. The largest absolute Gasteiger partial charge is 0.497 e. The number of ether oxygens (including phenoxy) is 2. The van der Waals surface area contributed by atoms with Crippen LogP contribution in [-0.2, 0) is 16.6 Å². The van der Waals surface area contributed by atoms with Crippen LogP contribution in [0.1, 0.15) is 24.8 Å². The first-order valence-corrected chi connectivity index (χ1v) is 10.9. The summed E-state index contributed by atoms with van der Waals surface area (Å²) in [5.74, 6) is 0.776. The highest BCUT2D eigenvalue weighted by atomic mass is 32.2. The van der Waals surface area contributed by atoms with Crippen LogP contribution in [-0.4, -0.2) is 47.1 Å². The molecule has 0 atom stereocenters. The Morgan fingerprint density at radius 3 is 2.39 bits per heavy atom. The van der Waals surface area contributed by atoms with Gasteiger partial charge in [0.1, 0.15) is 16.4 Å². The Morgan fingerprint density at radius 2 is 1.71 bits per heavy atom. The van der Waals surface area contributed by atoms with Gasteiger partial charge in [-0.3, -0.25) is 0 Å². The molecule has 7 heteroatoms. The number of benzene rings is 2. The minimum absolute atomic E-state index is 0.104. The number of rotatable bonds is 7. The van der Waals surface area contributed by atoms with Crippen molar-refractivity contribution in [1.82, 2.24) is 4.31 Å². The van der Waals surface area contributed by atoms with Crippen molar-refractivity contribution in [2.75, 3.05) is 39.3 Å². The lowest BCUT2D eigenvalue weighted by atomic mass is 10.1. The Kier molecular flexibility index (Phi) is 6.46. The normalized spacial score (nSPS) is 14.9. The number of nitrogens with zero attached hydrogens (tertiary/aromatic N) is 2. The summed E-state index contributed by atoms with van der Waals surface area (Å²) in [6.45, 7) is 2.31. The molecule has 0 aromatic heterocycles. The highest BCUT2D eigenvalue weighted by Gasteiger charge is 2.27. The van der Waals surface area contributed by atoms with Crippen molar-refractivity contribution in [3.05, 3.63) is 48.0 Å². The zero-order valence-corrected chi connectivity index (χ0v) is 17.5. The zero-order valence-electron chi connectivity index (χ0n) is 16.7. The maximum absolute atomic E-state index is 13.2. The molecule has 1 saturated heterocycles. The van der Waals surface area contributed by atoms with E-state index in [2.05, 4.69) is 11.0 Å². The van der Waals surface area contributed by atoms with Crippen molar-refractivity contribution in [1.29, 1.82) is 0 Å². The number of methoxy groups -OCH3 is 2. The lowest BCUT2D eigenvalue weighted by Gasteiger charge is -2.31. The summed E-state index contributed by atoms with van der Waals surface area (Å²) >= 11 is 0. The van der Waals surface area contributed by atoms with Gasteiger partial charge < -0.3 is 14.4 Å². The fraction of sp³-hybridized carbons (Fsp3) is 0.429. The molecule has 0 spiro atoms. The van der Waals surface area contributed by atoms with Crippen molar-refractivity contribution in [2.45, 2.75) is 30.7 Å². The van der Waals surface area contributed by atoms with Crippen molar-refractivity contribution in [3.63, 3.8) is 0 Å². The molecule has 1 heterocycles. The van der Waals surface area contributed by atoms with Gasteiger partial charge in [-0.25, -0.2) is 8.42 Å². The predicted molar refractivity (Wildman–Crippen MR) is 111 cm³/mol. The van der Waals surface area contributed by atoms with Crippen LogP contribution in [0.15, 0.2) is 47.4 Å². The SMILES string of the molecule is COc1ccc(OC)c(S(=O)(=O)N(C)Cc2ccccc2N2CCCCC2)c1. The van der Waals surface area contributed by atoms with Crippen LogP contribution in [0.5, 0.6) is 11.5 Å². The Labute approximate surface area is 167 Å². The second kappa shape index (κ2) is 8.84. The maximum Gasteiger partial charge on any atom is 0.246 e. The molecule has 3 rings (SSSR count). The molecule has 1 aliphatic heterocycles. The molecule has 2 aromatic carbocycles. The van der Waals surface area contributed by atoms with E-state index in [1.807, 2.05) is 18.2 Å². The van der Waals surface area contributed by atoms with Gasteiger partial charge in [-0.1, -0.05) is 18.2 Å². The molecule has 28 heavy (non-hydrogen) atoms. The molecular formula is C21H28N2O4S. The first-order valence-electron chi connectivity index (χ1n) is 9.48. The molecule has 1 fully saturated rings. The summed E-state index contributed by atoms with van der Waals surface area (Å²) in [4.78, 5) is 2.46. The summed E-state index contributed by atoms with van der Waals surface area (Å²) in [6.07, 6.45) is 3.59. The van der Waals surface area contributed by atoms with Crippen LogP contribution in [0.4, 0.5) is 5.69 Å². The van der Waals surface area contributed by atoms with Crippen molar-refractivity contribution in [3.8, 4) is 11.5 Å². The first-order chi connectivity index (χ1) is 13.5. The summed E-state index contributed by atoms with van der Waals surface area (Å²) < 4.78 is 38.3. The molecule has 0 radical (unpaired) electrons. The van der Waals surface area contributed by atoms with Gasteiger partial charge in [0, 0.05) is 38.4 Å². The van der Waals surface area contributed by atoms with Crippen LogP contribution in [0.3, 0.4) is 0 Å². The molecule has 0 unspecified atom stereocenters. The third kappa shape index (κ3) is 4.25. The minimum Gasteiger partial charge on any atom is -0.497 e. The maximum atomic E-state index is 13.2. The third-order valence-corrected chi connectivity index (χ3v) is 6.96. The minimum atomic E-state index is -3.75. The van der Waals surface area contributed by atoms with E-state index in [4.69, 9.17) is 9.47 Å². The van der Waals surface area contributed by atoms with Crippen LogP contribution in [0.2, 0.25) is 0 Å². The number of hydrogen-bond donors (Lipinski definition) is 0. The predicted octanol–water partition coefficient (Wildman–Crippen LogP) is 3.51. The van der Waals surface area contributed by atoms with Gasteiger partial charge in [-0.05, 0) is 43.0 Å². The number of hydrogen-bond acceptors (Lipinski definition) is 5. The summed E-state index contributed by atoms with van der Waals surface area (Å²) in [5, 5.41) is 0. The highest BCUT2D eigenvalue weighted by Crippen LogP contribution is 2.32. The Bertz CT molecular complexity index is 908. The summed E-state index contributed by atoms with van der Waals surface area (Å²) in [5.41, 5.74) is 2.11. The summed E-state index contributed by atoms with van der Waals surface area (Å²) in [6, 6.07) is 12.8. The number of piperidine rings is 1. The molecule has 0 aliphatic carbocycles. The quantitative estimate of drug-likeness (QED) is 0.707. The first kappa shape index (κ1) is 20.5. The molecule has 0 saturated carbocycles. The standard InChI is InChI=1S/C21H28N2O4S/c1-22(28(24,25)21-15-18(26-2)11-12-20(21)27-3)16-17-9-5-6-10-19(17)23-13-7-4-8-14-23/h5-6,9-12,15H,4,7-8,13-14,16H2,1-3H3. The van der Waals surface area contributed by atoms with E-state index in [1.165, 1.54) is 43.9 Å². The topological polar surface area (TPSA) is 59.1 Å². The van der Waals surface area contributed by atoms with Gasteiger partial charge in [0.2, 0.25) is 10.0 Å². The van der Waals surface area contributed by atoms with Gasteiger partial charge in [-0.15, -0.1) is 0 Å². The van der Waals surface area contributed by atoms with Gasteiger partial charge in [0.25, 0.3) is 0 Å². The number of para-hydroxylation sites is 1. The lowest BCUT2D eigenvalue weighted by molar-refractivity contribution is 0.388. The average molecular weight is 405 g/mol. The number of sulfonamides is 1. The van der Waals surface area contributed by atoms with Crippen molar-refractivity contribution < 1.29 is 17.9 Å². The fourth-order valence-corrected chi connectivity index (χ4v) is 4.88. The van der Waals surface area contributed by atoms with Crippen LogP contribution in [0.25, 0.3) is 0 Å². The average Bonchev–Trinajstić information content (AvgIpc) is 2.74. The smallest absolute Gasteiger partial charge is 0.246 e. The van der Waals surface area contributed by atoms with Gasteiger partial charge in [0.05, 0.1) is 14.2 Å². The van der Waals surface area contributed by atoms with Gasteiger partial charge in [0.15, 0.2) is 0 Å². The Hall–Kier alpha value is -2.25. The van der Waals surface area contributed by atoms with E-state index < -0.39 is 10.0 Å². The van der Waals surface area contributed by atoms with Crippen LogP contribution >= 0.6 is 0 Å². The Morgan fingerprint density at radius 1 is 1.00 bits per heavy atom. The highest BCUT2D eigenvalue weighted by molar-refractivity contribution is 7.89. The molecule has 0 amide bonds. The van der Waals surface area contributed by atoms with Gasteiger partial charge in [-0.2, -0.15) is 4.31 Å². The summed E-state index contributed by atoms with van der Waals surface area (Å²) in [7, 11) is 0.824. The van der Waals surface area contributed by atoms with Crippen molar-refractivity contribution >= 4 is 15.7 Å². The molecule has 2 aromatic rings. The monoisotopic (exact) mass is 404 g/mol. The van der Waals surface area contributed by atoms with E-state index in [0.29, 0.717) is 11.5 Å². The van der Waals surface area contributed by atoms with Gasteiger partial charge >= 0.3 is 0 Å². The van der Waals surface area contributed by atoms with E-state index in [1.54, 1.807) is 19.2 Å². The molecular weight excluding hydrogens is 376 g/mol. The van der Waals surface area contributed by atoms with E-state index in [-0.39, 0.29) is 11.4 Å². The van der Waals surface area contributed by atoms with E-state index in [0.717, 1.165) is 24.3 Å². The van der Waals surface area contributed by atoms with E-state index in [9.17, 15) is 8.42 Å². The lowest BCUT2D eigenvalue weighted by Crippen LogP contribution is -2.32. The van der Waals surface area contributed by atoms with Crippen LogP contribution in [0, 0.1) is 0 Å². The Balaban J connectivity index is 1.90. The van der Waals surface area contributed by atoms with Crippen molar-refractivity contribution in [2.24, 2.45) is 0 Å². The molecule has 0 bridgehead atoms. The molecule has 0 N–H and O–H groups in total. The molecule has 152 valence electrons. The third-order valence-electron chi connectivity index (χ3n) is 5.14. The fourth-order valence-electron chi connectivity index (χ4n) is 3.57. The second-order valence-corrected chi connectivity index (χ2v) is 8.97.